The van der Waals surface area contributed by atoms with Gasteiger partial charge in [0, 0.05) is 33.4 Å². The van der Waals surface area contributed by atoms with E-state index in [2.05, 4.69) is 17.1 Å². The molecule has 1 aliphatic heterocycles. The van der Waals surface area contributed by atoms with E-state index in [1.807, 2.05) is 0 Å². The predicted octanol–water partition coefficient (Wildman–Crippen LogP) is -0.113. The van der Waals surface area contributed by atoms with Gasteiger partial charge in [-0.1, -0.05) is 6.92 Å². The van der Waals surface area contributed by atoms with Crippen LogP contribution in [0.4, 0.5) is 0 Å². The molecule has 8 heteroatoms. The third-order valence-corrected chi connectivity index (χ3v) is 5.30. The third-order valence-electron chi connectivity index (χ3n) is 5.30. The molecule has 0 spiro atoms. The Kier molecular flexibility index (Phi) is 5.31. The summed E-state index contributed by atoms with van der Waals surface area (Å²) in [7, 11) is 3.06. The molecule has 0 unspecified atom stereocenters. The van der Waals surface area contributed by atoms with Crippen LogP contribution in [-0.4, -0.2) is 50.7 Å². The van der Waals surface area contributed by atoms with Crippen LogP contribution in [0.3, 0.4) is 0 Å². The van der Waals surface area contributed by atoms with Gasteiger partial charge >= 0.3 is 5.69 Å². The molecule has 1 fully saturated rings. The maximum Gasteiger partial charge on any atom is 0.332 e. The van der Waals surface area contributed by atoms with Crippen molar-refractivity contribution in [2.45, 2.75) is 26.3 Å². The predicted molar refractivity (Wildman–Crippen MR) is 100 cm³/mol. The summed E-state index contributed by atoms with van der Waals surface area (Å²) in [4.78, 5) is 39.0. The monoisotopic (exact) mass is 361 g/mol. The number of hydrogen-bond donors (Lipinski definition) is 1. The van der Waals surface area contributed by atoms with Crippen molar-refractivity contribution in [2.24, 2.45) is 20.0 Å². The number of nitrogens with zero attached hydrogens (tertiary/aromatic N) is 4. The van der Waals surface area contributed by atoms with Gasteiger partial charge in [-0.15, -0.1) is 0 Å². The van der Waals surface area contributed by atoms with E-state index in [-0.39, 0.29) is 18.0 Å². The summed E-state index contributed by atoms with van der Waals surface area (Å²) in [6.45, 7) is 5.99. The van der Waals surface area contributed by atoms with Gasteiger partial charge in [-0.2, -0.15) is 0 Å². The first-order valence-corrected chi connectivity index (χ1v) is 9.12. The van der Waals surface area contributed by atoms with Crippen LogP contribution in [0.5, 0.6) is 0 Å². The molecule has 2 aromatic heterocycles. The number of carbonyl (C=O) groups is 1. The average molecular weight is 361 g/mol. The first-order chi connectivity index (χ1) is 12.4. The molecule has 1 amide bonds. The number of aryl methyl sites for hydroxylation is 1. The minimum absolute atomic E-state index is 0.0843. The first-order valence-electron chi connectivity index (χ1n) is 9.12. The van der Waals surface area contributed by atoms with E-state index in [0.29, 0.717) is 17.6 Å². The Bertz CT molecular complexity index is 915. The minimum Gasteiger partial charge on any atom is -0.353 e. The van der Waals surface area contributed by atoms with Crippen LogP contribution in [0.25, 0.3) is 11.0 Å². The van der Waals surface area contributed by atoms with Crippen molar-refractivity contribution in [1.29, 1.82) is 0 Å². The lowest BCUT2D eigenvalue weighted by Gasteiger charge is -2.30. The van der Waals surface area contributed by atoms with Crippen LogP contribution < -0.4 is 16.6 Å². The molecule has 0 atom stereocenters. The second kappa shape index (κ2) is 7.49. The number of carbonyl (C=O) groups excluding carboxylic acids is 1. The minimum atomic E-state index is -0.401. The first kappa shape index (κ1) is 18.4. The number of nitrogens with one attached hydrogen (secondary N) is 1. The largest absolute Gasteiger partial charge is 0.353 e. The summed E-state index contributed by atoms with van der Waals surface area (Å²) in [5.41, 5.74) is -0.276. The lowest BCUT2D eigenvalue weighted by molar-refractivity contribution is -0.121. The van der Waals surface area contributed by atoms with Gasteiger partial charge in [-0.25, -0.2) is 4.79 Å². The highest BCUT2D eigenvalue weighted by Crippen LogP contribution is 2.15. The topological polar surface area (TPSA) is 81.3 Å². The summed E-state index contributed by atoms with van der Waals surface area (Å²) in [5.74, 6) is 0.670. The highest BCUT2D eigenvalue weighted by Gasteiger charge is 2.16. The molecule has 142 valence electrons. The molecule has 0 radical (unpaired) electrons. The van der Waals surface area contributed by atoms with Gasteiger partial charge in [0.2, 0.25) is 5.91 Å². The third kappa shape index (κ3) is 3.60. The maximum atomic E-state index is 12.3. The lowest BCUT2D eigenvalue weighted by Crippen LogP contribution is -2.40. The fourth-order valence-corrected chi connectivity index (χ4v) is 3.57. The van der Waals surface area contributed by atoms with Crippen molar-refractivity contribution in [3.8, 4) is 0 Å². The Balaban J connectivity index is 1.63. The van der Waals surface area contributed by atoms with Crippen LogP contribution in [0, 0.1) is 5.92 Å². The van der Waals surface area contributed by atoms with E-state index in [1.165, 1.54) is 24.5 Å². The summed E-state index contributed by atoms with van der Waals surface area (Å²) < 4.78 is 4.13. The Hall–Kier alpha value is -2.35. The molecule has 0 aromatic carbocycles. The number of rotatable bonds is 5. The Morgan fingerprint density at radius 1 is 1.19 bits per heavy atom. The summed E-state index contributed by atoms with van der Waals surface area (Å²) in [6, 6.07) is 1.65. The lowest BCUT2D eigenvalue weighted by atomic mass is 9.99. The van der Waals surface area contributed by atoms with Gasteiger partial charge in [-0.3, -0.25) is 18.7 Å². The van der Waals surface area contributed by atoms with Crippen LogP contribution in [0.15, 0.2) is 21.9 Å². The highest BCUT2D eigenvalue weighted by molar-refractivity contribution is 5.80. The molecule has 1 N–H and O–H groups in total. The maximum absolute atomic E-state index is 12.3. The molecule has 1 saturated heterocycles. The summed E-state index contributed by atoms with van der Waals surface area (Å²) in [5, 5.41) is 3.37. The van der Waals surface area contributed by atoms with E-state index < -0.39 is 5.69 Å². The SMILES string of the molecule is CC1CCN(CCNC(=O)Cn2ccc3c(=O)n(C)c(=O)n(C)c32)CC1. The van der Waals surface area contributed by atoms with Crippen LogP contribution in [0.2, 0.25) is 0 Å². The van der Waals surface area contributed by atoms with Crippen molar-refractivity contribution >= 4 is 16.9 Å². The molecule has 8 nitrogen and oxygen atoms in total. The average Bonchev–Trinajstić information content (AvgIpc) is 3.03. The summed E-state index contributed by atoms with van der Waals surface area (Å²) >= 11 is 0. The standard InChI is InChI=1S/C18H27N5O3/c1-13-4-8-22(9-5-13)11-7-19-15(24)12-23-10-6-14-16(23)20(2)18(26)21(3)17(14)25/h6,10,13H,4-5,7-9,11-12H2,1-3H3,(H,19,24). The molecule has 2 aromatic rings. The fourth-order valence-electron chi connectivity index (χ4n) is 3.57. The molecule has 0 aliphatic carbocycles. The molecule has 3 heterocycles. The number of aromatic nitrogens is 3. The number of amides is 1. The zero-order valence-electron chi connectivity index (χ0n) is 15.7. The van der Waals surface area contributed by atoms with Gasteiger partial charge in [0.1, 0.15) is 12.2 Å². The molecule has 3 rings (SSSR count). The molecule has 26 heavy (non-hydrogen) atoms. The van der Waals surface area contributed by atoms with E-state index >= 15 is 0 Å². The zero-order chi connectivity index (χ0) is 18.8. The number of fused-ring (bicyclic) bond motifs is 1. The van der Waals surface area contributed by atoms with Gasteiger partial charge in [-0.05, 0) is 37.9 Å². The summed E-state index contributed by atoms with van der Waals surface area (Å²) in [6.07, 6.45) is 4.11. The van der Waals surface area contributed by atoms with Gasteiger partial charge < -0.3 is 14.8 Å². The molecular formula is C18H27N5O3. The highest BCUT2D eigenvalue weighted by atomic mass is 16.2. The second-order valence-electron chi connectivity index (χ2n) is 7.26. The molecular weight excluding hydrogens is 334 g/mol. The van der Waals surface area contributed by atoms with Gasteiger partial charge in [0.05, 0.1) is 5.39 Å². The second-order valence-corrected chi connectivity index (χ2v) is 7.26. The van der Waals surface area contributed by atoms with Crippen molar-refractivity contribution in [3.05, 3.63) is 33.1 Å². The Morgan fingerprint density at radius 3 is 2.58 bits per heavy atom. The normalized spacial score (nSPS) is 16.3. The Morgan fingerprint density at radius 2 is 1.88 bits per heavy atom. The van der Waals surface area contributed by atoms with Crippen molar-refractivity contribution in [2.75, 3.05) is 26.2 Å². The quantitative estimate of drug-likeness (QED) is 0.806. The zero-order valence-corrected chi connectivity index (χ0v) is 15.7. The van der Waals surface area contributed by atoms with Crippen molar-refractivity contribution < 1.29 is 4.79 Å². The van der Waals surface area contributed by atoms with Crippen molar-refractivity contribution in [1.82, 2.24) is 23.9 Å². The van der Waals surface area contributed by atoms with Gasteiger partial charge in [0.15, 0.2) is 0 Å². The van der Waals surface area contributed by atoms with E-state index in [4.69, 9.17) is 0 Å². The number of likely N-dealkylation sites (tertiary alicyclic amines) is 1. The fraction of sp³-hybridized carbons (Fsp3) is 0.611. The van der Waals surface area contributed by atoms with E-state index in [0.717, 1.165) is 30.1 Å². The smallest absolute Gasteiger partial charge is 0.332 e. The number of hydrogen-bond acceptors (Lipinski definition) is 4. The van der Waals surface area contributed by atoms with E-state index in [9.17, 15) is 14.4 Å². The molecule has 0 bridgehead atoms. The van der Waals surface area contributed by atoms with Crippen LogP contribution in [-0.2, 0) is 25.4 Å². The number of piperidine rings is 1. The van der Waals surface area contributed by atoms with Crippen LogP contribution >= 0.6 is 0 Å². The van der Waals surface area contributed by atoms with Crippen LogP contribution in [0.1, 0.15) is 19.8 Å². The van der Waals surface area contributed by atoms with Crippen molar-refractivity contribution in [3.63, 3.8) is 0 Å². The molecule has 0 saturated carbocycles. The van der Waals surface area contributed by atoms with E-state index in [1.54, 1.807) is 23.9 Å². The molecule has 1 aliphatic rings. The Labute approximate surface area is 152 Å². The van der Waals surface area contributed by atoms with Gasteiger partial charge in [0.25, 0.3) is 5.56 Å².